The minimum atomic E-state index is -4.58. The molecule has 7 heteroatoms. The molecule has 22 heavy (non-hydrogen) atoms. The fourth-order valence-electron chi connectivity index (χ4n) is 3.83. The third-order valence-electron chi connectivity index (χ3n) is 5.31. The first kappa shape index (κ1) is 18.3. The molecule has 2 saturated carbocycles. The number of carbonyl (C=O) groups excluding carboxylic acids is 1. The molecule has 128 valence electrons. The predicted molar refractivity (Wildman–Crippen MR) is 83.6 cm³/mol. The Morgan fingerprint density at radius 3 is 2.55 bits per heavy atom. The van der Waals surface area contributed by atoms with Crippen LogP contribution >= 0.6 is 22.6 Å². The molecule has 0 spiro atoms. The Bertz CT molecular complexity index is 438. The van der Waals surface area contributed by atoms with Gasteiger partial charge in [0.2, 0.25) is 0 Å². The van der Waals surface area contributed by atoms with Gasteiger partial charge in [-0.3, -0.25) is 4.79 Å². The van der Waals surface area contributed by atoms with E-state index in [1.165, 1.54) is 0 Å². The average Bonchev–Trinajstić information content (AvgIpc) is 2.95. The van der Waals surface area contributed by atoms with Crippen molar-refractivity contribution < 1.29 is 27.8 Å². The lowest BCUT2D eigenvalue weighted by atomic mass is 9.75. The number of hydrogen-bond acceptors (Lipinski definition) is 3. The van der Waals surface area contributed by atoms with Crippen LogP contribution in [0.2, 0.25) is 0 Å². The minimum Gasteiger partial charge on any atom is -0.465 e. The zero-order chi connectivity index (χ0) is 16.8. The van der Waals surface area contributed by atoms with Gasteiger partial charge in [0.15, 0.2) is 5.60 Å². The zero-order valence-corrected chi connectivity index (χ0v) is 14.9. The third-order valence-corrected chi connectivity index (χ3v) is 6.51. The number of hydrogen-bond donors (Lipinski definition) is 1. The summed E-state index contributed by atoms with van der Waals surface area (Å²) < 4.78 is 43.9. The molecule has 1 N–H and O–H groups in total. The molecule has 2 aliphatic rings. The van der Waals surface area contributed by atoms with E-state index in [-0.39, 0.29) is 30.8 Å². The molecular weight excluding hydrogens is 412 g/mol. The van der Waals surface area contributed by atoms with Crippen LogP contribution in [0.1, 0.15) is 46.0 Å². The molecule has 2 bridgehead atoms. The van der Waals surface area contributed by atoms with Crippen molar-refractivity contribution in [1.82, 2.24) is 0 Å². The predicted octanol–water partition coefficient (Wildman–Crippen LogP) is 3.86. The molecule has 3 nitrogen and oxygen atoms in total. The fraction of sp³-hybridized carbons (Fsp3) is 0.933. The maximum Gasteiger partial charge on any atom is 0.417 e. The molecule has 5 atom stereocenters. The van der Waals surface area contributed by atoms with Crippen LogP contribution in [-0.4, -0.2) is 32.9 Å². The lowest BCUT2D eigenvalue weighted by Gasteiger charge is -2.38. The van der Waals surface area contributed by atoms with E-state index in [1.807, 2.05) is 29.5 Å². The molecule has 0 aliphatic heterocycles. The van der Waals surface area contributed by atoms with Crippen LogP contribution in [0.15, 0.2) is 0 Å². The number of carbonyl (C=O) groups is 1. The summed E-state index contributed by atoms with van der Waals surface area (Å²) >= 11 is 2.02. The lowest BCUT2D eigenvalue weighted by molar-refractivity contribution is -0.283. The smallest absolute Gasteiger partial charge is 0.417 e. The van der Waals surface area contributed by atoms with E-state index in [4.69, 9.17) is 4.74 Å². The van der Waals surface area contributed by atoms with Crippen LogP contribution in [0.4, 0.5) is 13.2 Å². The van der Waals surface area contributed by atoms with Crippen LogP contribution in [-0.2, 0) is 9.53 Å². The maximum absolute atomic E-state index is 13.1. The van der Waals surface area contributed by atoms with Gasteiger partial charge in [-0.15, -0.1) is 0 Å². The van der Waals surface area contributed by atoms with Gasteiger partial charge in [-0.2, -0.15) is 13.2 Å². The highest BCUT2D eigenvalue weighted by molar-refractivity contribution is 14.1. The summed E-state index contributed by atoms with van der Waals surface area (Å²) in [5.74, 6) is -1.37. The largest absolute Gasteiger partial charge is 0.465 e. The van der Waals surface area contributed by atoms with Crippen LogP contribution in [0.25, 0.3) is 0 Å². The summed E-state index contributed by atoms with van der Waals surface area (Å²) in [4.78, 5) is 11.9. The number of ether oxygens (including phenoxy) is 1. The summed E-state index contributed by atoms with van der Waals surface area (Å²) in [6.07, 6.45) is -2.62. The van der Waals surface area contributed by atoms with Crippen molar-refractivity contribution in [2.45, 2.75) is 61.2 Å². The normalized spacial score (nSPS) is 37.1. The fourth-order valence-corrected chi connectivity index (χ4v) is 3.98. The Balaban J connectivity index is 1.89. The molecule has 0 amide bonds. The van der Waals surface area contributed by atoms with E-state index < -0.39 is 21.1 Å². The van der Waals surface area contributed by atoms with Crippen LogP contribution < -0.4 is 0 Å². The van der Waals surface area contributed by atoms with Gasteiger partial charge >= 0.3 is 12.1 Å². The maximum atomic E-state index is 13.1. The molecule has 0 aromatic heterocycles. The summed E-state index contributed by atoms with van der Waals surface area (Å²) in [6.45, 7) is 3.78. The van der Waals surface area contributed by atoms with Gasteiger partial charge < -0.3 is 9.84 Å². The van der Waals surface area contributed by atoms with Crippen molar-refractivity contribution in [3.63, 3.8) is 0 Å². The van der Waals surface area contributed by atoms with Crippen molar-refractivity contribution in [2.75, 3.05) is 6.61 Å². The topological polar surface area (TPSA) is 46.5 Å². The Hall–Kier alpha value is -0.0500. The number of alkyl halides is 4. The highest BCUT2D eigenvalue weighted by Crippen LogP contribution is 2.59. The Kier molecular flexibility index (Phi) is 5.08. The molecule has 0 aromatic carbocycles. The molecule has 0 saturated heterocycles. The number of esters is 1. The van der Waals surface area contributed by atoms with E-state index in [0.717, 1.165) is 0 Å². The van der Waals surface area contributed by atoms with Crippen molar-refractivity contribution in [3.8, 4) is 0 Å². The summed E-state index contributed by atoms with van der Waals surface area (Å²) in [5.41, 5.74) is -2.55. The molecule has 2 rings (SSSR count). The van der Waals surface area contributed by atoms with E-state index in [2.05, 4.69) is 0 Å². The first-order chi connectivity index (χ1) is 10.0. The molecule has 2 aliphatic carbocycles. The molecule has 5 unspecified atom stereocenters. The summed E-state index contributed by atoms with van der Waals surface area (Å²) in [6, 6.07) is 0. The van der Waals surface area contributed by atoms with Gasteiger partial charge in [0.25, 0.3) is 0 Å². The van der Waals surface area contributed by atoms with Crippen LogP contribution in [0.5, 0.6) is 0 Å². The van der Waals surface area contributed by atoms with Gasteiger partial charge in [-0.05, 0) is 56.8 Å². The lowest BCUT2D eigenvalue weighted by Crippen LogP contribution is -2.51. The number of aliphatic hydroxyl groups is 1. The molecule has 0 radical (unpaired) electrons. The van der Waals surface area contributed by atoms with Gasteiger partial charge in [-0.25, -0.2) is 0 Å². The number of rotatable bonds is 5. The van der Waals surface area contributed by atoms with Crippen LogP contribution in [0, 0.1) is 17.8 Å². The second kappa shape index (κ2) is 6.11. The standard InChI is InChI=1S/C15H22F3IO3/c1-3-13(2,19)12(20)22-5-4-10-6-9-7-11(10)14(21,8-9)15(16,17)18/h9-11,21H,3-8H2,1-2H3. The van der Waals surface area contributed by atoms with Crippen molar-refractivity contribution in [3.05, 3.63) is 0 Å². The van der Waals surface area contributed by atoms with Crippen molar-refractivity contribution >= 4 is 28.6 Å². The number of halogens is 4. The minimum absolute atomic E-state index is 0.0668. The monoisotopic (exact) mass is 434 g/mol. The van der Waals surface area contributed by atoms with Crippen LogP contribution in [0.3, 0.4) is 0 Å². The number of fused-ring (bicyclic) bond motifs is 2. The SMILES string of the molecule is CCC(C)(I)C(=O)OCCC1CC2CC1C(O)(C(F)(F)F)C2. The van der Waals surface area contributed by atoms with E-state index in [1.54, 1.807) is 6.92 Å². The van der Waals surface area contributed by atoms with E-state index in [9.17, 15) is 23.1 Å². The third kappa shape index (κ3) is 3.25. The Morgan fingerprint density at radius 1 is 1.41 bits per heavy atom. The zero-order valence-electron chi connectivity index (χ0n) is 12.8. The Labute approximate surface area is 142 Å². The second-order valence-electron chi connectivity index (χ2n) is 6.81. The first-order valence-electron chi connectivity index (χ1n) is 7.66. The van der Waals surface area contributed by atoms with Gasteiger partial charge in [0.1, 0.15) is 3.42 Å². The van der Waals surface area contributed by atoms with E-state index >= 15 is 0 Å². The van der Waals surface area contributed by atoms with Crippen molar-refractivity contribution in [2.24, 2.45) is 17.8 Å². The van der Waals surface area contributed by atoms with Gasteiger partial charge in [0, 0.05) is 0 Å². The molecular formula is C15H22F3IO3. The van der Waals surface area contributed by atoms with E-state index in [0.29, 0.717) is 25.7 Å². The highest BCUT2D eigenvalue weighted by Gasteiger charge is 2.67. The molecule has 0 heterocycles. The van der Waals surface area contributed by atoms with Gasteiger partial charge in [-0.1, -0.05) is 29.5 Å². The quantitative estimate of drug-likeness (QED) is 0.406. The van der Waals surface area contributed by atoms with Gasteiger partial charge in [0.05, 0.1) is 6.61 Å². The highest BCUT2D eigenvalue weighted by atomic mass is 127. The molecule has 2 fully saturated rings. The Morgan fingerprint density at radius 2 is 2.05 bits per heavy atom. The first-order valence-corrected chi connectivity index (χ1v) is 8.74. The molecule has 0 aromatic rings. The second-order valence-corrected chi connectivity index (χ2v) is 9.19. The summed E-state index contributed by atoms with van der Waals surface area (Å²) in [5, 5.41) is 10.0. The average molecular weight is 434 g/mol. The van der Waals surface area contributed by atoms with Crippen molar-refractivity contribution in [1.29, 1.82) is 0 Å². The summed E-state index contributed by atoms with van der Waals surface area (Å²) in [7, 11) is 0.